The fourth-order valence-corrected chi connectivity index (χ4v) is 12.1. The zero-order chi connectivity index (χ0) is 39.5. The zero-order valence-electron chi connectivity index (χ0n) is 31.1. The Labute approximate surface area is 322 Å². The second-order valence-corrected chi connectivity index (χ2v) is 16.8. The molecule has 0 unspecified atom stereocenters. The molecule has 6 aromatic rings. The average molecular weight is 749 g/mol. The molecule has 8 N–H and O–H groups in total. The minimum Gasteiger partial charge on any atom is -0.508 e. The highest BCUT2D eigenvalue weighted by Gasteiger charge is 2.87. The van der Waals surface area contributed by atoms with Gasteiger partial charge in [-0.3, -0.25) is 0 Å². The lowest BCUT2D eigenvalue weighted by Gasteiger charge is -2.52. The summed E-state index contributed by atoms with van der Waals surface area (Å²) in [5.41, 5.74) is -1.12. The molecule has 282 valence electrons. The molecule has 0 saturated heterocycles. The van der Waals surface area contributed by atoms with E-state index in [9.17, 15) is 40.9 Å². The Morgan fingerprint density at radius 2 is 0.929 bits per heavy atom. The summed E-state index contributed by atoms with van der Waals surface area (Å²) in [6.45, 7) is 8.13. The van der Waals surface area contributed by atoms with Crippen molar-refractivity contribution in [2.75, 3.05) is 0 Å². The van der Waals surface area contributed by atoms with Crippen molar-refractivity contribution in [3.63, 3.8) is 0 Å². The third kappa shape index (κ3) is 3.54. The number of phenols is 8. The quantitative estimate of drug-likeness (QED) is 0.0886. The molecule has 1 heterocycles. The molecule has 6 atom stereocenters. The Hall–Kier alpha value is -6.48. The Bertz CT molecular complexity index is 2670. The van der Waals surface area contributed by atoms with Gasteiger partial charge in [-0.25, -0.2) is 0 Å². The van der Waals surface area contributed by atoms with Gasteiger partial charge in [-0.05, 0) is 108 Å². The Morgan fingerprint density at radius 1 is 0.429 bits per heavy atom. The van der Waals surface area contributed by atoms with Crippen LogP contribution in [-0.2, 0) is 32.7 Å². The highest BCUT2D eigenvalue weighted by atomic mass is 16.5. The van der Waals surface area contributed by atoms with Gasteiger partial charge in [0.05, 0.1) is 5.41 Å². The number of hydrogen-bond acceptors (Lipinski definition) is 9. The van der Waals surface area contributed by atoms with Crippen LogP contribution >= 0.6 is 0 Å². The van der Waals surface area contributed by atoms with Crippen LogP contribution < -0.4 is 4.74 Å². The first kappa shape index (κ1) is 34.0. The molecule has 1 fully saturated rings. The van der Waals surface area contributed by atoms with Crippen LogP contribution in [0.5, 0.6) is 51.7 Å². The monoisotopic (exact) mass is 748 g/mol. The van der Waals surface area contributed by atoms with Crippen molar-refractivity contribution < 1.29 is 45.6 Å². The van der Waals surface area contributed by atoms with Gasteiger partial charge in [-0.1, -0.05) is 50.2 Å². The van der Waals surface area contributed by atoms with E-state index in [4.69, 9.17) is 4.74 Å². The van der Waals surface area contributed by atoms with Crippen LogP contribution in [0.15, 0.2) is 109 Å². The minimum atomic E-state index is -1.27. The predicted octanol–water partition coefficient (Wildman–Crippen LogP) is 8.16. The summed E-state index contributed by atoms with van der Waals surface area (Å²) in [4.78, 5) is 0. The van der Waals surface area contributed by atoms with Crippen molar-refractivity contribution in [2.24, 2.45) is 0 Å². The van der Waals surface area contributed by atoms with E-state index in [0.717, 1.165) is 22.3 Å². The lowest BCUT2D eigenvalue weighted by atomic mass is 9.49. The molecule has 6 aromatic carbocycles. The first-order chi connectivity index (χ1) is 26.5. The lowest BCUT2D eigenvalue weighted by Crippen LogP contribution is -2.53. The fraction of sp³-hybridized carbons (Fsp3) is 0.234. The molecule has 9 heteroatoms. The number of aromatic hydroxyl groups is 8. The third-order valence-corrected chi connectivity index (χ3v) is 14.7. The van der Waals surface area contributed by atoms with E-state index >= 15 is 0 Å². The van der Waals surface area contributed by atoms with Crippen molar-refractivity contribution in [1.29, 1.82) is 0 Å². The van der Waals surface area contributed by atoms with Crippen molar-refractivity contribution >= 4 is 0 Å². The number of benzene rings is 6. The van der Waals surface area contributed by atoms with Crippen LogP contribution in [0.2, 0.25) is 0 Å². The molecule has 4 aliphatic rings. The Morgan fingerprint density at radius 3 is 1.50 bits per heavy atom. The largest absolute Gasteiger partial charge is 0.508 e. The predicted molar refractivity (Wildman–Crippen MR) is 207 cm³/mol. The summed E-state index contributed by atoms with van der Waals surface area (Å²) < 4.78 is 7.12. The van der Waals surface area contributed by atoms with Crippen molar-refractivity contribution in [3.8, 4) is 51.7 Å². The van der Waals surface area contributed by atoms with Gasteiger partial charge < -0.3 is 45.6 Å². The molecule has 0 spiro atoms. The van der Waals surface area contributed by atoms with Gasteiger partial charge >= 0.3 is 0 Å². The Kier molecular flexibility index (Phi) is 6.22. The second-order valence-electron chi connectivity index (χ2n) is 16.8. The second kappa shape index (κ2) is 10.2. The van der Waals surface area contributed by atoms with E-state index in [0.29, 0.717) is 40.0 Å². The van der Waals surface area contributed by atoms with Crippen LogP contribution in [0.3, 0.4) is 0 Å². The fourth-order valence-electron chi connectivity index (χ4n) is 12.1. The van der Waals surface area contributed by atoms with Gasteiger partial charge in [-0.2, -0.15) is 0 Å². The molecule has 1 aliphatic heterocycles. The van der Waals surface area contributed by atoms with Crippen LogP contribution in [0.4, 0.5) is 0 Å². The van der Waals surface area contributed by atoms with Gasteiger partial charge in [0.25, 0.3) is 0 Å². The van der Waals surface area contributed by atoms with Crippen molar-refractivity contribution in [2.45, 2.75) is 66.8 Å². The van der Waals surface area contributed by atoms with Crippen LogP contribution in [0, 0.1) is 0 Å². The van der Waals surface area contributed by atoms with Gasteiger partial charge in [0.1, 0.15) is 57.3 Å². The molecule has 0 aromatic heterocycles. The molecule has 9 nitrogen and oxygen atoms in total. The molecular weight excluding hydrogens is 709 g/mol. The maximum Gasteiger partial charge on any atom is 0.145 e. The molecule has 3 aliphatic carbocycles. The van der Waals surface area contributed by atoms with Gasteiger partial charge in [0, 0.05) is 56.5 Å². The SMILES string of the molecule is C[C@]1(c2ccc(O)cc2)c2c(O)cc(O)cc2[C@]2(C)c3c(cc(O)c4c3[C@]1(C)[C@]1(c3ccc(O)cc3)C[C@@]41c1cc(O)cc(O)c1)O[C@]2(C)c1ccc(O)cc1. The normalized spacial score (nSPS) is 30.1. The molecule has 56 heavy (non-hydrogen) atoms. The molecule has 10 rings (SSSR count). The maximum atomic E-state index is 12.7. The summed E-state index contributed by atoms with van der Waals surface area (Å²) in [6, 6.07) is 29.7. The first-order valence-electron chi connectivity index (χ1n) is 18.6. The zero-order valence-corrected chi connectivity index (χ0v) is 31.1. The smallest absolute Gasteiger partial charge is 0.145 e. The maximum absolute atomic E-state index is 12.7. The number of fused-ring (bicyclic) bond motifs is 5. The summed E-state index contributed by atoms with van der Waals surface area (Å²) in [6.07, 6.45) is 0.387. The summed E-state index contributed by atoms with van der Waals surface area (Å²) in [5, 5.41) is 90.4. The average Bonchev–Trinajstić information content (AvgIpc) is 3.74. The standard InChI is InChI=1S/C47H40O9/c1-42(24-5-11-28(48)12-6-24)38-34(20-33(53)21-35(38)54)43(2)40-37(56-45(43,4)25-7-13-29(49)14-8-25)22-36(55)39-41(40)44(42,3)47(26-9-15-30(50)16-10-26)23-46(39,47)27-17-31(51)19-32(52)18-27/h5-22,48-55H,23H2,1-4H3/t42-,43+,44-,45+,46+,47+/m0/s1. The van der Waals surface area contributed by atoms with E-state index in [-0.39, 0.29) is 46.0 Å². The topological polar surface area (TPSA) is 171 Å². The van der Waals surface area contributed by atoms with Crippen molar-refractivity contribution in [3.05, 3.63) is 159 Å². The van der Waals surface area contributed by atoms with E-state index in [1.807, 2.05) is 38.1 Å². The van der Waals surface area contributed by atoms with E-state index in [1.165, 1.54) is 12.1 Å². The number of phenolic OH excluding ortho intramolecular Hbond substituents is 8. The number of ether oxygens (including phenoxy) is 1. The molecule has 0 bridgehead atoms. The van der Waals surface area contributed by atoms with Crippen molar-refractivity contribution in [1.82, 2.24) is 0 Å². The van der Waals surface area contributed by atoms with Gasteiger partial charge in [0.2, 0.25) is 0 Å². The molecular formula is C47H40O9. The summed E-state index contributed by atoms with van der Waals surface area (Å²) in [5.74, 6) is -0.153. The molecule has 0 amide bonds. The number of rotatable bonds is 4. The van der Waals surface area contributed by atoms with Crippen LogP contribution in [0.25, 0.3) is 0 Å². The Balaban J connectivity index is 1.48. The molecule has 0 radical (unpaired) electrons. The summed E-state index contributed by atoms with van der Waals surface area (Å²) in [7, 11) is 0. The highest BCUT2D eigenvalue weighted by molar-refractivity contribution is 5.84. The van der Waals surface area contributed by atoms with E-state index in [1.54, 1.807) is 72.8 Å². The first-order valence-corrected chi connectivity index (χ1v) is 18.6. The van der Waals surface area contributed by atoms with Gasteiger partial charge in [-0.15, -0.1) is 0 Å². The van der Waals surface area contributed by atoms with Gasteiger partial charge in [0.15, 0.2) is 0 Å². The van der Waals surface area contributed by atoms with E-state index in [2.05, 4.69) is 13.8 Å². The van der Waals surface area contributed by atoms with Crippen LogP contribution in [-0.4, -0.2) is 40.9 Å². The third-order valence-electron chi connectivity index (χ3n) is 14.7. The van der Waals surface area contributed by atoms with E-state index < -0.39 is 32.7 Å². The lowest BCUT2D eigenvalue weighted by molar-refractivity contribution is 0.0570. The molecule has 1 saturated carbocycles. The summed E-state index contributed by atoms with van der Waals surface area (Å²) >= 11 is 0. The number of hydrogen-bond donors (Lipinski definition) is 8. The minimum absolute atomic E-state index is 0.0437. The highest BCUT2D eigenvalue weighted by Crippen LogP contribution is 2.88. The van der Waals surface area contributed by atoms with Crippen LogP contribution in [0.1, 0.15) is 84.2 Å².